The van der Waals surface area contributed by atoms with E-state index in [2.05, 4.69) is 11.9 Å². The van der Waals surface area contributed by atoms with Crippen LogP contribution in [0.5, 0.6) is 0 Å². The Morgan fingerprint density at radius 2 is 1.88 bits per heavy atom. The maximum Gasteiger partial charge on any atom is 0.0923 e. The second kappa shape index (κ2) is 5.03. The Hall–Kier alpha value is -0.120. The zero-order valence-electron chi connectivity index (χ0n) is 10.5. The molecule has 2 fully saturated rings. The second-order valence-corrected chi connectivity index (χ2v) is 5.93. The lowest BCUT2D eigenvalue weighted by molar-refractivity contribution is -0.00487. The molecule has 2 saturated carbocycles. The van der Waals surface area contributed by atoms with E-state index in [9.17, 15) is 5.11 Å². The van der Waals surface area contributed by atoms with E-state index in [1.54, 1.807) is 0 Å². The fourth-order valence-corrected chi connectivity index (χ4v) is 3.15. The quantitative estimate of drug-likeness (QED) is 0.715. The summed E-state index contributed by atoms with van der Waals surface area (Å²) in [6, 6.07) is 0. The largest absolute Gasteiger partial charge is 0.387 e. The molecular formula is C13H26N2O. The third-order valence-corrected chi connectivity index (χ3v) is 4.28. The average molecular weight is 226 g/mol. The Labute approximate surface area is 99.0 Å². The van der Waals surface area contributed by atoms with Gasteiger partial charge in [0.1, 0.15) is 0 Å². The molecule has 0 amide bonds. The molecular weight excluding hydrogens is 200 g/mol. The van der Waals surface area contributed by atoms with E-state index in [1.165, 1.54) is 25.7 Å². The molecule has 0 heterocycles. The molecule has 0 spiro atoms. The molecule has 0 saturated heterocycles. The first-order valence-corrected chi connectivity index (χ1v) is 6.75. The SMILES string of the molecule is CN(CC1CCCC1)CC(O)(CN)C1CC1. The smallest absolute Gasteiger partial charge is 0.0923 e. The topological polar surface area (TPSA) is 49.5 Å². The number of nitrogens with two attached hydrogens (primary N) is 1. The number of nitrogens with zero attached hydrogens (tertiary/aromatic N) is 1. The van der Waals surface area contributed by atoms with E-state index in [4.69, 9.17) is 5.73 Å². The Bertz CT molecular complexity index is 224. The maximum absolute atomic E-state index is 10.4. The molecule has 94 valence electrons. The van der Waals surface area contributed by atoms with Crippen molar-refractivity contribution in [2.24, 2.45) is 17.6 Å². The molecule has 3 heteroatoms. The Kier molecular flexibility index (Phi) is 3.88. The number of hydrogen-bond acceptors (Lipinski definition) is 3. The number of hydrogen-bond donors (Lipinski definition) is 2. The molecule has 0 aromatic carbocycles. The first-order chi connectivity index (χ1) is 7.64. The molecule has 0 aromatic heterocycles. The van der Waals surface area contributed by atoms with Gasteiger partial charge < -0.3 is 15.7 Å². The van der Waals surface area contributed by atoms with Crippen molar-refractivity contribution in [1.82, 2.24) is 4.90 Å². The van der Waals surface area contributed by atoms with Crippen molar-refractivity contribution in [3.05, 3.63) is 0 Å². The van der Waals surface area contributed by atoms with Gasteiger partial charge in [0.05, 0.1) is 5.60 Å². The Morgan fingerprint density at radius 3 is 2.38 bits per heavy atom. The monoisotopic (exact) mass is 226 g/mol. The van der Waals surface area contributed by atoms with Gasteiger partial charge in [-0.25, -0.2) is 0 Å². The molecule has 2 rings (SSSR count). The van der Waals surface area contributed by atoms with E-state index < -0.39 is 5.60 Å². The van der Waals surface area contributed by atoms with Crippen LogP contribution >= 0.6 is 0 Å². The maximum atomic E-state index is 10.4. The second-order valence-electron chi connectivity index (χ2n) is 5.93. The summed E-state index contributed by atoms with van der Waals surface area (Å²) in [6.07, 6.45) is 7.84. The van der Waals surface area contributed by atoms with Crippen LogP contribution in [-0.2, 0) is 0 Å². The summed E-state index contributed by atoms with van der Waals surface area (Å²) in [5.41, 5.74) is 5.11. The first kappa shape index (κ1) is 12.3. The van der Waals surface area contributed by atoms with Gasteiger partial charge in [-0.2, -0.15) is 0 Å². The Balaban J connectivity index is 1.78. The van der Waals surface area contributed by atoms with Crippen LogP contribution in [0.4, 0.5) is 0 Å². The highest BCUT2D eigenvalue weighted by Gasteiger charge is 2.43. The van der Waals surface area contributed by atoms with Gasteiger partial charge >= 0.3 is 0 Å². The van der Waals surface area contributed by atoms with Gasteiger partial charge in [-0.3, -0.25) is 0 Å². The van der Waals surface area contributed by atoms with Crippen LogP contribution in [0.2, 0.25) is 0 Å². The average Bonchev–Trinajstić information content (AvgIpc) is 3.00. The lowest BCUT2D eigenvalue weighted by Crippen LogP contribution is -2.49. The molecule has 0 aromatic rings. The van der Waals surface area contributed by atoms with Crippen molar-refractivity contribution < 1.29 is 5.11 Å². The van der Waals surface area contributed by atoms with Crippen molar-refractivity contribution in [2.75, 3.05) is 26.7 Å². The molecule has 2 aliphatic carbocycles. The van der Waals surface area contributed by atoms with Crippen LogP contribution in [0.3, 0.4) is 0 Å². The third-order valence-electron chi connectivity index (χ3n) is 4.28. The van der Waals surface area contributed by atoms with E-state index in [1.807, 2.05) is 0 Å². The van der Waals surface area contributed by atoms with E-state index >= 15 is 0 Å². The fraction of sp³-hybridized carbons (Fsp3) is 1.00. The van der Waals surface area contributed by atoms with Gasteiger partial charge in [0, 0.05) is 19.6 Å². The summed E-state index contributed by atoms with van der Waals surface area (Å²) in [5.74, 6) is 1.31. The normalized spacial score (nSPS) is 26.2. The van der Waals surface area contributed by atoms with Gasteiger partial charge in [-0.1, -0.05) is 12.8 Å². The van der Waals surface area contributed by atoms with Crippen molar-refractivity contribution in [2.45, 2.75) is 44.1 Å². The lowest BCUT2D eigenvalue weighted by atomic mass is 9.96. The number of likely N-dealkylation sites (N-methyl/N-ethyl adjacent to an activating group) is 1. The molecule has 1 unspecified atom stereocenters. The zero-order valence-corrected chi connectivity index (χ0v) is 10.5. The van der Waals surface area contributed by atoms with Crippen molar-refractivity contribution in [3.63, 3.8) is 0 Å². The van der Waals surface area contributed by atoms with Crippen molar-refractivity contribution >= 4 is 0 Å². The van der Waals surface area contributed by atoms with E-state index in [0.717, 1.165) is 31.8 Å². The minimum atomic E-state index is -0.618. The minimum Gasteiger partial charge on any atom is -0.387 e. The number of aliphatic hydroxyl groups is 1. The standard InChI is InChI=1S/C13H26N2O/c1-15(8-11-4-2-3-5-11)10-13(16,9-14)12-6-7-12/h11-12,16H,2-10,14H2,1H3. The highest BCUT2D eigenvalue weighted by Crippen LogP contribution is 2.39. The Morgan fingerprint density at radius 1 is 1.25 bits per heavy atom. The van der Waals surface area contributed by atoms with Crippen LogP contribution in [0.25, 0.3) is 0 Å². The lowest BCUT2D eigenvalue weighted by Gasteiger charge is -2.32. The molecule has 1 atom stereocenters. The summed E-state index contributed by atoms with van der Waals surface area (Å²) >= 11 is 0. The van der Waals surface area contributed by atoms with Crippen LogP contribution < -0.4 is 5.73 Å². The minimum absolute atomic E-state index is 0.409. The van der Waals surface area contributed by atoms with E-state index in [0.29, 0.717) is 12.5 Å². The number of rotatable bonds is 6. The van der Waals surface area contributed by atoms with Crippen LogP contribution in [0.1, 0.15) is 38.5 Å². The van der Waals surface area contributed by atoms with Crippen LogP contribution in [0, 0.1) is 11.8 Å². The van der Waals surface area contributed by atoms with Gasteiger partial charge in [-0.05, 0) is 44.6 Å². The predicted molar refractivity (Wildman–Crippen MR) is 66.2 cm³/mol. The fourth-order valence-electron chi connectivity index (χ4n) is 3.15. The molecule has 0 radical (unpaired) electrons. The van der Waals surface area contributed by atoms with Gasteiger partial charge in [-0.15, -0.1) is 0 Å². The van der Waals surface area contributed by atoms with Crippen molar-refractivity contribution in [1.29, 1.82) is 0 Å². The molecule has 0 aliphatic heterocycles. The molecule has 2 aliphatic rings. The summed E-state index contributed by atoms with van der Waals surface area (Å²) in [5, 5.41) is 10.4. The first-order valence-electron chi connectivity index (χ1n) is 6.75. The predicted octanol–water partition coefficient (Wildman–Crippen LogP) is 1.21. The van der Waals surface area contributed by atoms with Crippen molar-refractivity contribution in [3.8, 4) is 0 Å². The van der Waals surface area contributed by atoms with Gasteiger partial charge in [0.25, 0.3) is 0 Å². The molecule has 3 nitrogen and oxygen atoms in total. The summed E-state index contributed by atoms with van der Waals surface area (Å²) in [6.45, 7) is 2.30. The molecule has 16 heavy (non-hydrogen) atoms. The molecule has 3 N–H and O–H groups in total. The highest BCUT2D eigenvalue weighted by molar-refractivity contribution is 4.97. The van der Waals surface area contributed by atoms with Crippen LogP contribution in [-0.4, -0.2) is 42.3 Å². The van der Waals surface area contributed by atoms with E-state index in [-0.39, 0.29) is 0 Å². The third kappa shape index (κ3) is 2.96. The highest BCUT2D eigenvalue weighted by atomic mass is 16.3. The van der Waals surface area contributed by atoms with Gasteiger partial charge in [0.2, 0.25) is 0 Å². The molecule has 0 bridgehead atoms. The summed E-state index contributed by atoms with van der Waals surface area (Å²) in [7, 11) is 2.13. The van der Waals surface area contributed by atoms with Crippen LogP contribution in [0.15, 0.2) is 0 Å². The van der Waals surface area contributed by atoms with Gasteiger partial charge in [0.15, 0.2) is 0 Å². The summed E-state index contributed by atoms with van der Waals surface area (Å²) < 4.78 is 0. The zero-order chi connectivity index (χ0) is 11.6. The summed E-state index contributed by atoms with van der Waals surface area (Å²) in [4.78, 5) is 2.29.